The molecular weight excluding hydrogens is 272 g/mol. The van der Waals surface area contributed by atoms with Gasteiger partial charge in [-0.2, -0.15) is 4.39 Å². The number of hydrogen-bond acceptors (Lipinski definition) is 4. The van der Waals surface area contributed by atoms with Crippen LogP contribution in [0.5, 0.6) is 0 Å². The number of carbonyl (C=O) groups excluding carboxylic acids is 1. The molecule has 0 radical (unpaired) electrons. The summed E-state index contributed by atoms with van der Waals surface area (Å²) in [5.41, 5.74) is -1.31. The molecule has 1 rings (SSSR count). The van der Waals surface area contributed by atoms with Crippen molar-refractivity contribution in [2.75, 3.05) is 11.9 Å². The van der Waals surface area contributed by atoms with Gasteiger partial charge in [0.15, 0.2) is 0 Å². The van der Waals surface area contributed by atoms with Crippen molar-refractivity contribution in [1.29, 1.82) is 0 Å². The van der Waals surface area contributed by atoms with Crippen LogP contribution >= 0.6 is 0 Å². The minimum atomic E-state index is -1.29. The number of nitro groups is 1. The molecule has 0 bridgehead atoms. The Hall–Kier alpha value is -2.09. The second kappa shape index (κ2) is 6.90. The van der Waals surface area contributed by atoms with Crippen molar-refractivity contribution >= 4 is 17.3 Å². The maximum atomic E-state index is 13.4. The number of hydrogen-bond donors (Lipinski definition) is 2. The summed E-state index contributed by atoms with van der Waals surface area (Å²) in [7, 11) is 0. The Bertz CT molecular complexity index is 523. The molecule has 6 nitrogen and oxygen atoms in total. The number of halogens is 2. The van der Waals surface area contributed by atoms with E-state index in [1.54, 1.807) is 0 Å². The van der Waals surface area contributed by atoms with Gasteiger partial charge in [0.25, 0.3) is 0 Å². The first-order chi connectivity index (χ1) is 9.35. The molecule has 0 saturated heterocycles. The molecule has 2 N–H and O–H groups in total. The number of nitrogens with zero attached hydrogens (tertiary/aromatic N) is 1. The highest BCUT2D eigenvalue weighted by Gasteiger charge is 2.19. The van der Waals surface area contributed by atoms with Gasteiger partial charge >= 0.3 is 5.69 Å². The number of anilines is 1. The van der Waals surface area contributed by atoms with Crippen LogP contribution in [0.25, 0.3) is 0 Å². The van der Waals surface area contributed by atoms with Gasteiger partial charge in [0, 0.05) is 18.2 Å². The molecule has 0 fully saturated rings. The predicted molar refractivity (Wildman–Crippen MR) is 69.4 cm³/mol. The molecule has 1 aromatic rings. The van der Waals surface area contributed by atoms with Gasteiger partial charge in [-0.15, -0.1) is 0 Å². The molecule has 8 heteroatoms. The second-order valence-corrected chi connectivity index (χ2v) is 4.28. The second-order valence-electron chi connectivity index (χ2n) is 4.28. The van der Waals surface area contributed by atoms with Gasteiger partial charge in [-0.3, -0.25) is 14.9 Å². The first kappa shape index (κ1) is 16.0. The van der Waals surface area contributed by atoms with Gasteiger partial charge in [-0.25, -0.2) is 4.39 Å². The van der Waals surface area contributed by atoms with Gasteiger partial charge in [0.05, 0.1) is 17.2 Å². The predicted octanol–water partition coefficient (Wildman–Crippen LogP) is 2.20. The monoisotopic (exact) mass is 287 g/mol. The Balaban J connectivity index is 2.79. The zero-order valence-corrected chi connectivity index (χ0v) is 11.1. The number of rotatable bonds is 6. The van der Waals surface area contributed by atoms with Crippen LogP contribution in [0.4, 0.5) is 20.2 Å². The number of carbonyl (C=O) groups is 1. The molecule has 1 atom stereocenters. The van der Waals surface area contributed by atoms with Crippen LogP contribution in [-0.4, -0.2) is 23.4 Å². The molecule has 1 amide bonds. The summed E-state index contributed by atoms with van der Waals surface area (Å²) in [5, 5.41) is 15.6. The fraction of sp³-hybridized carbons (Fsp3) is 0.417. The average Bonchev–Trinajstić information content (AvgIpc) is 2.38. The first-order valence-electron chi connectivity index (χ1n) is 6.01. The molecule has 0 aromatic heterocycles. The lowest BCUT2D eigenvalue weighted by Crippen LogP contribution is -2.34. The summed E-state index contributed by atoms with van der Waals surface area (Å²) in [6.45, 7) is 3.73. The van der Waals surface area contributed by atoms with Gasteiger partial charge < -0.3 is 10.6 Å². The Morgan fingerprint density at radius 2 is 2.05 bits per heavy atom. The van der Waals surface area contributed by atoms with Crippen LogP contribution in [0, 0.1) is 21.7 Å². The van der Waals surface area contributed by atoms with Crippen molar-refractivity contribution in [1.82, 2.24) is 5.32 Å². The number of amides is 1. The van der Waals surface area contributed by atoms with Crippen LogP contribution in [0.1, 0.15) is 20.3 Å². The Morgan fingerprint density at radius 1 is 1.40 bits per heavy atom. The van der Waals surface area contributed by atoms with E-state index in [-0.39, 0.29) is 12.6 Å². The van der Waals surface area contributed by atoms with E-state index in [9.17, 15) is 23.7 Å². The van der Waals surface area contributed by atoms with Crippen LogP contribution < -0.4 is 10.6 Å². The average molecular weight is 287 g/mol. The van der Waals surface area contributed by atoms with E-state index in [1.165, 1.54) is 0 Å². The van der Waals surface area contributed by atoms with Gasteiger partial charge in [0.1, 0.15) is 5.82 Å². The van der Waals surface area contributed by atoms with E-state index in [0.29, 0.717) is 12.1 Å². The highest BCUT2D eigenvalue weighted by atomic mass is 19.1. The molecular formula is C12H15F2N3O3. The van der Waals surface area contributed by atoms with Crippen molar-refractivity contribution in [3.05, 3.63) is 33.9 Å². The van der Waals surface area contributed by atoms with E-state index in [1.807, 2.05) is 13.8 Å². The zero-order valence-electron chi connectivity index (χ0n) is 11.1. The highest BCUT2D eigenvalue weighted by molar-refractivity contribution is 5.92. The number of nitro benzene ring substituents is 1. The van der Waals surface area contributed by atoms with E-state index in [0.717, 1.165) is 6.42 Å². The molecule has 0 heterocycles. The maximum Gasteiger partial charge on any atom is 0.307 e. The molecule has 0 aliphatic rings. The molecule has 1 unspecified atom stereocenters. The van der Waals surface area contributed by atoms with E-state index < -0.39 is 33.8 Å². The zero-order chi connectivity index (χ0) is 15.3. The van der Waals surface area contributed by atoms with Crippen LogP contribution in [-0.2, 0) is 4.79 Å². The first-order valence-corrected chi connectivity index (χ1v) is 6.01. The standard InChI is InChI=1S/C12H15F2N3O3/c1-3-7(2)15-6-12(18)16-10-5-11(17(19)20)9(14)4-8(10)13/h4-5,7,15H,3,6H2,1-2H3,(H,16,18). The normalized spacial score (nSPS) is 12.0. The minimum Gasteiger partial charge on any atom is -0.322 e. The fourth-order valence-corrected chi connectivity index (χ4v) is 1.38. The number of benzene rings is 1. The number of nitrogens with one attached hydrogen (secondary N) is 2. The van der Waals surface area contributed by atoms with Crippen LogP contribution in [0.3, 0.4) is 0 Å². The quantitative estimate of drug-likeness (QED) is 0.620. The summed E-state index contributed by atoms with van der Waals surface area (Å²) >= 11 is 0. The lowest BCUT2D eigenvalue weighted by atomic mass is 10.2. The molecule has 1 aromatic carbocycles. The van der Waals surface area contributed by atoms with Crippen molar-refractivity contribution in [2.45, 2.75) is 26.3 Å². The van der Waals surface area contributed by atoms with Crippen LogP contribution in [0.15, 0.2) is 12.1 Å². The Morgan fingerprint density at radius 3 is 2.60 bits per heavy atom. The smallest absolute Gasteiger partial charge is 0.307 e. The molecule has 0 saturated carbocycles. The Labute approximate surface area is 114 Å². The van der Waals surface area contributed by atoms with Gasteiger partial charge in [-0.05, 0) is 13.3 Å². The molecule has 0 spiro atoms. The van der Waals surface area contributed by atoms with Crippen molar-refractivity contribution in [3.63, 3.8) is 0 Å². The SMILES string of the molecule is CCC(C)NCC(=O)Nc1cc([N+](=O)[O-])c(F)cc1F. The minimum absolute atomic E-state index is 0.0698. The van der Waals surface area contributed by atoms with E-state index in [4.69, 9.17) is 0 Å². The summed E-state index contributed by atoms with van der Waals surface area (Å²) < 4.78 is 26.5. The van der Waals surface area contributed by atoms with Crippen molar-refractivity contribution < 1.29 is 18.5 Å². The Kier molecular flexibility index (Phi) is 5.51. The third-order valence-electron chi connectivity index (χ3n) is 2.73. The lowest BCUT2D eigenvalue weighted by molar-refractivity contribution is -0.387. The lowest BCUT2D eigenvalue weighted by Gasteiger charge is -2.11. The fourth-order valence-electron chi connectivity index (χ4n) is 1.38. The maximum absolute atomic E-state index is 13.4. The highest BCUT2D eigenvalue weighted by Crippen LogP contribution is 2.24. The molecule has 0 aliphatic carbocycles. The summed E-state index contributed by atoms with van der Waals surface area (Å²) in [6.07, 6.45) is 0.809. The third kappa shape index (κ3) is 4.23. The molecule has 0 aliphatic heterocycles. The van der Waals surface area contributed by atoms with E-state index in [2.05, 4.69) is 10.6 Å². The molecule has 20 heavy (non-hydrogen) atoms. The largest absolute Gasteiger partial charge is 0.322 e. The van der Waals surface area contributed by atoms with E-state index >= 15 is 0 Å². The van der Waals surface area contributed by atoms with Gasteiger partial charge in [0.2, 0.25) is 11.7 Å². The topological polar surface area (TPSA) is 84.3 Å². The summed E-state index contributed by atoms with van der Waals surface area (Å²) in [5.74, 6) is -2.92. The third-order valence-corrected chi connectivity index (χ3v) is 2.73. The van der Waals surface area contributed by atoms with Crippen LogP contribution in [0.2, 0.25) is 0 Å². The van der Waals surface area contributed by atoms with Gasteiger partial charge in [-0.1, -0.05) is 6.92 Å². The van der Waals surface area contributed by atoms with Crippen molar-refractivity contribution in [3.8, 4) is 0 Å². The van der Waals surface area contributed by atoms with Crippen molar-refractivity contribution in [2.24, 2.45) is 0 Å². The summed E-state index contributed by atoms with van der Waals surface area (Å²) in [6, 6.07) is 1.13. The summed E-state index contributed by atoms with van der Waals surface area (Å²) in [4.78, 5) is 21.1. The molecule has 110 valence electrons.